The zero-order chi connectivity index (χ0) is 24.8. The Balaban J connectivity index is 1.39. The summed E-state index contributed by atoms with van der Waals surface area (Å²) < 4.78 is 0. The minimum Gasteiger partial charge on any atom is -0.369 e. The fourth-order valence-corrected chi connectivity index (χ4v) is 5.44. The number of carbonyl (C=O) groups excluding carboxylic acids is 2. The van der Waals surface area contributed by atoms with Gasteiger partial charge in [-0.3, -0.25) is 14.5 Å². The number of carbonyl (C=O) groups is 2. The summed E-state index contributed by atoms with van der Waals surface area (Å²) in [6, 6.07) is 18.1. The summed E-state index contributed by atoms with van der Waals surface area (Å²) in [5.41, 5.74) is 10.6. The average Bonchev–Trinajstić information content (AvgIpc) is 2.85. The summed E-state index contributed by atoms with van der Waals surface area (Å²) in [5, 5.41) is 3.75. The van der Waals surface area contributed by atoms with E-state index in [2.05, 4.69) is 59.4 Å². The third-order valence-corrected chi connectivity index (χ3v) is 7.50. The van der Waals surface area contributed by atoms with Crippen molar-refractivity contribution in [2.24, 2.45) is 11.7 Å². The van der Waals surface area contributed by atoms with Gasteiger partial charge in [-0.1, -0.05) is 48.2 Å². The van der Waals surface area contributed by atoms with Crippen molar-refractivity contribution >= 4 is 23.6 Å². The smallest absolute Gasteiger partial charge is 0.254 e. The lowest BCUT2D eigenvalue weighted by Gasteiger charge is -2.31. The maximum Gasteiger partial charge on any atom is 0.254 e. The molecule has 1 saturated heterocycles. The molecule has 1 fully saturated rings. The van der Waals surface area contributed by atoms with Crippen molar-refractivity contribution in [3.8, 4) is 0 Å². The van der Waals surface area contributed by atoms with Gasteiger partial charge in [0.15, 0.2) is 0 Å². The van der Waals surface area contributed by atoms with Crippen LogP contribution in [-0.4, -0.2) is 34.8 Å². The molecule has 1 atom stereocenters. The first-order valence-corrected chi connectivity index (χ1v) is 12.8. The van der Waals surface area contributed by atoms with Gasteiger partial charge in [-0.15, -0.1) is 0 Å². The summed E-state index contributed by atoms with van der Waals surface area (Å²) in [4.78, 5) is 32.5. The van der Waals surface area contributed by atoms with Gasteiger partial charge < -0.3 is 11.1 Å². The van der Waals surface area contributed by atoms with Gasteiger partial charge in [-0.2, -0.15) is 0 Å². The SMILES string of the molecule is Cc1ccc(C)c(Sc2ncccc2C(=O)NCc2cccc(CN3CCCC(C(N)=O)C3)c2)c1. The number of aromatic nitrogens is 1. The molecule has 1 aromatic heterocycles. The van der Waals surface area contributed by atoms with Crippen LogP contribution in [0.25, 0.3) is 0 Å². The molecule has 0 radical (unpaired) electrons. The Labute approximate surface area is 211 Å². The zero-order valence-corrected chi connectivity index (χ0v) is 21.1. The van der Waals surface area contributed by atoms with E-state index in [0.717, 1.165) is 47.5 Å². The molecule has 0 aliphatic carbocycles. The normalized spacial score (nSPS) is 16.1. The number of hydrogen-bond donors (Lipinski definition) is 2. The van der Waals surface area contributed by atoms with E-state index in [-0.39, 0.29) is 17.7 Å². The minimum absolute atomic E-state index is 0.0682. The first-order chi connectivity index (χ1) is 16.9. The Morgan fingerprint density at radius 2 is 1.94 bits per heavy atom. The fourth-order valence-electron chi connectivity index (χ4n) is 4.37. The zero-order valence-electron chi connectivity index (χ0n) is 20.3. The average molecular weight is 489 g/mol. The van der Waals surface area contributed by atoms with Crippen LogP contribution in [0.4, 0.5) is 0 Å². The predicted octanol–water partition coefficient (Wildman–Crippen LogP) is 4.48. The van der Waals surface area contributed by atoms with Crippen molar-refractivity contribution in [3.63, 3.8) is 0 Å². The summed E-state index contributed by atoms with van der Waals surface area (Å²) in [7, 11) is 0. The van der Waals surface area contributed by atoms with Gasteiger partial charge in [-0.05, 0) is 73.7 Å². The molecule has 4 rings (SSSR count). The molecule has 182 valence electrons. The molecule has 2 heterocycles. The summed E-state index contributed by atoms with van der Waals surface area (Å²) in [6.45, 7) is 7.00. The maximum atomic E-state index is 13.1. The van der Waals surface area contributed by atoms with Crippen LogP contribution in [0.1, 0.15) is 45.5 Å². The van der Waals surface area contributed by atoms with E-state index in [9.17, 15) is 9.59 Å². The van der Waals surface area contributed by atoms with E-state index in [4.69, 9.17) is 5.73 Å². The molecule has 2 amide bonds. The number of amides is 2. The van der Waals surface area contributed by atoms with E-state index in [0.29, 0.717) is 23.7 Å². The van der Waals surface area contributed by atoms with Crippen molar-refractivity contribution in [1.29, 1.82) is 0 Å². The highest BCUT2D eigenvalue weighted by Gasteiger charge is 2.24. The number of primary amides is 1. The fraction of sp³-hybridized carbons (Fsp3) is 0.321. The number of rotatable bonds is 8. The Morgan fingerprint density at radius 3 is 2.77 bits per heavy atom. The highest BCUT2D eigenvalue weighted by molar-refractivity contribution is 7.99. The third kappa shape index (κ3) is 6.71. The van der Waals surface area contributed by atoms with Gasteiger partial charge in [0.2, 0.25) is 5.91 Å². The molecule has 6 nitrogen and oxygen atoms in total. The number of benzene rings is 2. The van der Waals surface area contributed by atoms with Crippen molar-refractivity contribution in [2.75, 3.05) is 13.1 Å². The second-order valence-corrected chi connectivity index (χ2v) is 10.2. The summed E-state index contributed by atoms with van der Waals surface area (Å²) in [6.07, 6.45) is 3.57. The van der Waals surface area contributed by atoms with Crippen LogP contribution in [0.15, 0.2) is 70.7 Å². The molecule has 0 bridgehead atoms. The van der Waals surface area contributed by atoms with Crippen molar-refractivity contribution in [3.05, 3.63) is 88.6 Å². The van der Waals surface area contributed by atoms with Gasteiger partial charge in [0.25, 0.3) is 5.91 Å². The monoisotopic (exact) mass is 488 g/mol. The van der Waals surface area contributed by atoms with Crippen LogP contribution in [-0.2, 0) is 17.9 Å². The molecule has 0 saturated carbocycles. The predicted molar refractivity (Wildman–Crippen MR) is 139 cm³/mol. The Hall–Kier alpha value is -3.16. The maximum absolute atomic E-state index is 13.1. The molecule has 35 heavy (non-hydrogen) atoms. The number of aryl methyl sites for hydroxylation is 2. The van der Waals surface area contributed by atoms with Crippen LogP contribution >= 0.6 is 11.8 Å². The Bertz CT molecular complexity index is 1210. The first-order valence-electron chi connectivity index (χ1n) is 12.0. The molecule has 1 unspecified atom stereocenters. The molecule has 3 N–H and O–H groups in total. The minimum atomic E-state index is -0.211. The van der Waals surface area contributed by atoms with Gasteiger partial charge in [0, 0.05) is 30.7 Å². The van der Waals surface area contributed by atoms with E-state index in [1.165, 1.54) is 17.3 Å². The standard InChI is InChI=1S/C28H32N4O2S/c1-19-10-11-20(2)25(14-19)35-28-24(9-4-12-30-28)27(34)31-16-21-6-3-7-22(15-21)17-32-13-5-8-23(18-32)26(29)33/h3-4,6-7,9-12,14-15,23H,5,8,13,16-18H2,1-2H3,(H2,29,33)(H,31,34). The highest BCUT2D eigenvalue weighted by atomic mass is 32.2. The molecule has 2 aromatic carbocycles. The van der Waals surface area contributed by atoms with Crippen molar-refractivity contribution in [1.82, 2.24) is 15.2 Å². The second kappa shape index (κ2) is 11.5. The Morgan fingerprint density at radius 1 is 1.11 bits per heavy atom. The molecule has 0 spiro atoms. The van der Waals surface area contributed by atoms with E-state index in [1.807, 2.05) is 18.2 Å². The van der Waals surface area contributed by atoms with Crippen molar-refractivity contribution < 1.29 is 9.59 Å². The van der Waals surface area contributed by atoms with E-state index < -0.39 is 0 Å². The Kier molecular flexibility index (Phi) is 8.21. The lowest BCUT2D eigenvalue weighted by atomic mass is 9.97. The number of likely N-dealkylation sites (tertiary alicyclic amines) is 1. The molecule has 7 heteroatoms. The van der Waals surface area contributed by atoms with Crippen LogP contribution in [0.3, 0.4) is 0 Å². The van der Waals surface area contributed by atoms with E-state index >= 15 is 0 Å². The van der Waals surface area contributed by atoms with Gasteiger partial charge in [0.1, 0.15) is 5.03 Å². The molecular formula is C28H32N4O2S. The largest absolute Gasteiger partial charge is 0.369 e. The van der Waals surface area contributed by atoms with Gasteiger partial charge >= 0.3 is 0 Å². The van der Waals surface area contributed by atoms with Crippen LogP contribution < -0.4 is 11.1 Å². The number of pyridine rings is 1. The number of hydrogen-bond acceptors (Lipinski definition) is 5. The second-order valence-electron chi connectivity index (χ2n) is 9.21. The summed E-state index contributed by atoms with van der Waals surface area (Å²) in [5.74, 6) is -0.422. The molecule has 3 aromatic rings. The number of nitrogens with zero attached hydrogens (tertiary/aromatic N) is 2. The lowest BCUT2D eigenvalue weighted by Crippen LogP contribution is -2.40. The van der Waals surface area contributed by atoms with Crippen LogP contribution in [0.2, 0.25) is 0 Å². The molecule has 1 aliphatic rings. The third-order valence-electron chi connectivity index (χ3n) is 6.32. The lowest BCUT2D eigenvalue weighted by molar-refractivity contribution is -0.123. The summed E-state index contributed by atoms with van der Waals surface area (Å²) >= 11 is 1.52. The number of nitrogens with one attached hydrogen (secondary N) is 1. The molecule has 1 aliphatic heterocycles. The van der Waals surface area contributed by atoms with Gasteiger partial charge in [-0.25, -0.2) is 4.98 Å². The van der Waals surface area contributed by atoms with Crippen LogP contribution in [0.5, 0.6) is 0 Å². The quantitative estimate of drug-likeness (QED) is 0.488. The van der Waals surface area contributed by atoms with Gasteiger partial charge in [0.05, 0.1) is 11.5 Å². The van der Waals surface area contributed by atoms with Crippen LogP contribution in [0, 0.1) is 19.8 Å². The first kappa shape index (κ1) is 24.9. The van der Waals surface area contributed by atoms with E-state index in [1.54, 1.807) is 12.3 Å². The van der Waals surface area contributed by atoms with Crippen molar-refractivity contribution in [2.45, 2.75) is 49.7 Å². The highest BCUT2D eigenvalue weighted by Crippen LogP contribution is 2.31. The number of nitrogens with two attached hydrogens (primary N) is 1. The molecular weight excluding hydrogens is 456 g/mol. The number of piperidine rings is 1. The topological polar surface area (TPSA) is 88.3 Å².